The topological polar surface area (TPSA) is 9.23 Å². The van der Waals surface area contributed by atoms with Crippen LogP contribution in [-0.4, -0.2) is 6.61 Å². The van der Waals surface area contributed by atoms with Crippen LogP contribution >= 0.6 is 0 Å². The molecular formula is C25H30O. The first kappa shape index (κ1) is 18.6. The van der Waals surface area contributed by atoms with Crippen LogP contribution in [0.25, 0.3) is 0 Å². The number of benzene rings is 2. The minimum absolute atomic E-state index is 0.539. The number of hydrogen-bond donors (Lipinski definition) is 0. The first-order chi connectivity index (χ1) is 12.8. The molecule has 136 valence electrons. The van der Waals surface area contributed by atoms with Crippen LogP contribution in [0, 0.1) is 17.8 Å². The summed E-state index contributed by atoms with van der Waals surface area (Å²) < 4.78 is 5.62. The summed E-state index contributed by atoms with van der Waals surface area (Å²) in [5.74, 6) is 9.05. The summed E-state index contributed by atoms with van der Waals surface area (Å²) in [7, 11) is 0. The molecule has 1 nitrogen and oxygen atoms in total. The zero-order valence-corrected chi connectivity index (χ0v) is 16.1. The van der Waals surface area contributed by atoms with E-state index in [9.17, 15) is 0 Å². The number of aryl methyl sites for hydroxylation is 1. The molecule has 0 heterocycles. The summed E-state index contributed by atoms with van der Waals surface area (Å²) in [6.45, 7) is 5.11. The maximum Gasteiger partial charge on any atom is 0.119 e. The first-order valence-corrected chi connectivity index (χ1v) is 10.1. The van der Waals surface area contributed by atoms with Crippen molar-refractivity contribution in [3.8, 4) is 17.6 Å². The Balaban J connectivity index is 1.51. The molecule has 26 heavy (non-hydrogen) atoms. The zero-order chi connectivity index (χ0) is 18.2. The molecule has 3 rings (SSSR count). The van der Waals surface area contributed by atoms with E-state index in [4.69, 9.17) is 4.74 Å². The van der Waals surface area contributed by atoms with Gasteiger partial charge in [0.05, 0.1) is 6.61 Å². The molecule has 0 bridgehead atoms. The van der Waals surface area contributed by atoms with Crippen LogP contribution in [0.2, 0.25) is 0 Å². The summed E-state index contributed by atoms with van der Waals surface area (Å²) in [5.41, 5.74) is 4.03. The van der Waals surface area contributed by atoms with Gasteiger partial charge < -0.3 is 4.74 Å². The van der Waals surface area contributed by atoms with Crippen LogP contribution in [0.4, 0.5) is 0 Å². The lowest BCUT2D eigenvalue weighted by molar-refractivity contribution is 0.317. The van der Waals surface area contributed by atoms with E-state index in [0.29, 0.717) is 11.8 Å². The van der Waals surface area contributed by atoms with E-state index in [-0.39, 0.29) is 0 Å². The number of hydrogen-bond acceptors (Lipinski definition) is 1. The fourth-order valence-electron chi connectivity index (χ4n) is 3.64. The Bertz CT molecular complexity index is 722. The molecule has 0 atom stereocenters. The third-order valence-electron chi connectivity index (χ3n) is 5.33. The Labute approximate surface area is 158 Å². The van der Waals surface area contributed by atoms with E-state index in [1.165, 1.54) is 36.8 Å². The van der Waals surface area contributed by atoms with Crippen molar-refractivity contribution in [1.29, 1.82) is 0 Å². The van der Waals surface area contributed by atoms with Gasteiger partial charge in [-0.25, -0.2) is 0 Å². The van der Waals surface area contributed by atoms with E-state index in [2.05, 4.69) is 62.1 Å². The molecule has 0 radical (unpaired) electrons. The normalized spacial score (nSPS) is 19.5. The van der Waals surface area contributed by atoms with Gasteiger partial charge in [0.2, 0.25) is 0 Å². The van der Waals surface area contributed by atoms with Crippen LogP contribution in [0.15, 0.2) is 48.5 Å². The second-order valence-corrected chi connectivity index (χ2v) is 7.29. The molecule has 2 aromatic carbocycles. The van der Waals surface area contributed by atoms with Gasteiger partial charge in [-0.3, -0.25) is 0 Å². The maximum absolute atomic E-state index is 5.62. The van der Waals surface area contributed by atoms with Crippen molar-refractivity contribution < 1.29 is 4.74 Å². The highest BCUT2D eigenvalue weighted by Gasteiger charge is 2.21. The van der Waals surface area contributed by atoms with Gasteiger partial charge >= 0.3 is 0 Å². The molecule has 0 unspecified atom stereocenters. The van der Waals surface area contributed by atoms with E-state index >= 15 is 0 Å². The minimum atomic E-state index is 0.539. The monoisotopic (exact) mass is 346 g/mol. The number of ether oxygens (including phenoxy) is 1. The second-order valence-electron chi connectivity index (χ2n) is 7.29. The van der Waals surface area contributed by atoms with Crippen molar-refractivity contribution in [2.45, 2.75) is 58.3 Å². The van der Waals surface area contributed by atoms with Gasteiger partial charge in [-0.2, -0.15) is 0 Å². The molecule has 1 aliphatic carbocycles. The van der Waals surface area contributed by atoms with E-state index in [1.54, 1.807) is 0 Å². The SMILES string of the molecule is CCCOc1ccc(C#C[C@H]2CC[C@H](c3ccc(CC)cc3)CC2)cc1. The molecular weight excluding hydrogens is 316 g/mol. The van der Waals surface area contributed by atoms with E-state index < -0.39 is 0 Å². The predicted molar refractivity (Wildman–Crippen MR) is 110 cm³/mol. The fraction of sp³-hybridized carbons (Fsp3) is 0.440. The van der Waals surface area contributed by atoms with Crippen molar-refractivity contribution in [2.24, 2.45) is 5.92 Å². The van der Waals surface area contributed by atoms with Crippen molar-refractivity contribution in [3.63, 3.8) is 0 Å². The summed E-state index contributed by atoms with van der Waals surface area (Å²) in [4.78, 5) is 0. The lowest BCUT2D eigenvalue weighted by atomic mass is 9.79. The second kappa shape index (κ2) is 9.48. The quantitative estimate of drug-likeness (QED) is 0.572. The lowest BCUT2D eigenvalue weighted by Gasteiger charge is -2.26. The molecule has 0 amide bonds. The smallest absolute Gasteiger partial charge is 0.119 e. The highest BCUT2D eigenvalue weighted by molar-refractivity contribution is 5.38. The molecule has 1 heteroatoms. The average Bonchev–Trinajstić information content (AvgIpc) is 2.72. The molecule has 0 N–H and O–H groups in total. The molecule has 0 aromatic heterocycles. The standard InChI is InChI=1S/C25H30O/c1-3-19-26-25-17-11-22(12-18-25)6-5-21-9-15-24(16-10-21)23-13-7-20(4-2)8-14-23/h7-8,11-14,17-18,21,24H,3-4,9-10,15-16,19H2,1-2H3/t21-,24-. The number of rotatable bonds is 5. The van der Waals surface area contributed by atoms with Crippen LogP contribution in [0.5, 0.6) is 5.75 Å². The Kier molecular flexibility index (Phi) is 6.78. The van der Waals surface area contributed by atoms with Crippen molar-refractivity contribution >= 4 is 0 Å². The molecule has 0 aliphatic heterocycles. The van der Waals surface area contributed by atoms with Crippen LogP contribution in [0.1, 0.15) is 68.6 Å². The van der Waals surface area contributed by atoms with Crippen molar-refractivity contribution in [1.82, 2.24) is 0 Å². The van der Waals surface area contributed by atoms with Gasteiger partial charge in [0.1, 0.15) is 5.75 Å². The van der Waals surface area contributed by atoms with Gasteiger partial charge in [-0.15, -0.1) is 0 Å². The Morgan fingerprint density at radius 1 is 0.885 bits per heavy atom. The van der Waals surface area contributed by atoms with Gasteiger partial charge in [0, 0.05) is 11.5 Å². The lowest BCUT2D eigenvalue weighted by Crippen LogP contribution is -2.12. The Morgan fingerprint density at radius 2 is 1.58 bits per heavy atom. The first-order valence-electron chi connectivity index (χ1n) is 10.1. The highest BCUT2D eigenvalue weighted by Crippen LogP contribution is 2.35. The largest absolute Gasteiger partial charge is 0.494 e. The molecule has 1 aliphatic rings. The summed E-state index contributed by atoms with van der Waals surface area (Å²) in [6.07, 6.45) is 7.10. The molecule has 0 saturated heterocycles. The molecule has 1 fully saturated rings. The Hall–Kier alpha value is -2.20. The summed E-state index contributed by atoms with van der Waals surface area (Å²) >= 11 is 0. The minimum Gasteiger partial charge on any atom is -0.494 e. The van der Waals surface area contributed by atoms with Crippen molar-refractivity contribution in [2.75, 3.05) is 6.61 Å². The van der Waals surface area contributed by atoms with Crippen LogP contribution in [-0.2, 0) is 6.42 Å². The zero-order valence-electron chi connectivity index (χ0n) is 16.1. The van der Waals surface area contributed by atoms with Gasteiger partial charge in [0.25, 0.3) is 0 Å². The average molecular weight is 347 g/mol. The van der Waals surface area contributed by atoms with E-state index in [1.807, 2.05) is 12.1 Å². The molecule has 1 saturated carbocycles. The van der Waals surface area contributed by atoms with Gasteiger partial charge in [0.15, 0.2) is 0 Å². The van der Waals surface area contributed by atoms with Gasteiger partial charge in [-0.1, -0.05) is 50.0 Å². The van der Waals surface area contributed by atoms with Crippen LogP contribution < -0.4 is 4.74 Å². The summed E-state index contributed by atoms with van der Waals surface area (Å²) in [6, 6.07) is 17.4. The summed E-state index contributed by atoms with van der Waals surface area (Å²) in [5, 5.41) is 0. The highest BCUT2D eigenvalue weighted by atomic mass is 16.5. The third-order valence-corrected chi connectivity index (χ3v) is 5.33. The predicted octanol–water partition coefficient (Wildman–Crippen LogP) is 6.36. The molecule has 2 aromatic rings. The van der Waals surface area contributed by atoms with Crippen molar-refractivity contribution in [3.05, 3.63) is 65.2 Å². The van der Waals surface area contributed by atoms with E-state index in [0.717, 1.165) is 30.8 Å². The van der Waals surface area contributed by atoms with Gasteiger partial charge in [-0.05, 0) is 79.8 Å². The van der Waals surface area contributed by atoms with Crippen LogP contribution in [0.3, 0.4) is 0 Å². The molecule has 0 spiro atoms. The fourth-order valence-corrected chi connectivity index (χ4v) is 3.64. The third kappa shape index (κ3) is 5.15. The Morgan fingerprint density at radius 3 is 2.19 bits per heavy atom. The maximum atomic E-state index is 5.62.